The fourth-order valence-corrected chi connectivity index (χ4v) is 3.07. The van der Waals surface area contributed by atoms with E-state index in [2.05, 4.69) is 11.0 Å². The highest BCUT2D eigenvalue weighted by molar-refractivity contribution is 5.79. The maximum Gasteiger partial charge on any atom is 0.226 e. The van der Waals surface area contributed by atoms with Crippen LogP contribution in [0.15, 0.2) is 24.3 Å². The lowest BCUT2D eigenvalue weighted by Gasteiger charge is -2.35. The first kappa shape index (κ1) is 17.4. The van der Waals surface area contributed by atoms with Crippen molar-refractivity contribution in [1.29, 1.82) is 5.26 Å². The second kappa shape index (κ2) is 8.07. The summed E-state index contributed by atoms with van der Waals surface area (Å²) in [5.74, 6) is -0.155. The number of nitriles is 1. The normalized spacial score (nSPS) is 19.8. The molecule has 124 valence electrons. The Morgan fingerprint density at radius 3 is 3.04 bits per heavy atom. The van der Waals surface area contributed by atoms with Gasteiger partial charge in [0, 0.05) is 26.2 Å². The lowest BCUT2D eigenvalue weighted by atomic mass is 9.95. The van der Waals surface area contributed by atoms with Crippen LogP contribution in [0, 0.1) is 23.1 Å². The van der Waals surface area contributed by atoms with Crippen LogP contribution in [0.5, 0.6) is 0 Å². The molecule has 1 fully saturated rings. The molecule has 2 unspecified atom stereocenters. The van der Waals surface area contributed by atoms with Gasteiger partial charge in [0.25, 0.3) is 0 Å². The minimum atomic E-state index is -0.225. The molecule has 0 radical (unpaired) electrons. The Morgan fingerprint density at radius 1 is 1.57 bits per heavy atom. The van der Waals surface area contributed by atoms with E-state index in [0.29, 0.717) is 19.5 Å². The van der Waals surface area contributed by atoms with Crippen molar-refractivity contribution >= 4 is 5.91 Å². The summed E-state index contributed by atoms with van der Waals surface area (Å²) in [6.45, 7) is 4.18. The molecule has 1 aromatic rings. The first-order valence-electron chi connectivity index (χ1n) is 8.11. The summed E-state index contributed by atoms with van der Waals surface area (Å²) in [6.07, 6.45) is 2.19. The molecule has 5 heteroatoms. The molecule has 2 atom stereocenters. The summed E-state index contributed by atoms with van der Waals surface area (Å²) in [5, 5.41) is 8.78. The molecule has 0 N–H and O–H groups in total. The second-order valence-corrected chi connectivity index (χ2v) is 6.36. The fraction of sp³-hybridized carbons (Fsp3) is 0.556. The monoisotopic (exact) mass is 317 g/mol. The number of nitrogens with zero attached hydrogens (tertiary/aromatic N) is 3. The van der Waals surface area contributed by atoms with Gasteiger partial charge in [-0.15, -0.1) is 0 Å². The first-order chi connectivity index (χ1) is 11.0. The first-order valence-corrected chi connectivity index (χ1v) is 8.11. The number of carbonyl (C=O) groups excluding carboxylic acids is 1. The van der Waals surface area contributed by atoms with E-state index in [1.165, 1.54) is 6.07 Å². The number of halogens is 1. The summed E-state index contributed by atoms with van der Waals surface area (Å²) < 4.78 is 13.3. The largest absolute Gasteiger partial charge is 0.342 e. The minimum absolute atomic E-state index is 0.0385. The molecule has 2 rings (SSSR count). The van der Waals surface area contributed by atoms with Crippen molar-refractivity contribution in [2.45, 2.75) is 38.8 Å². The van der Waals surface area contributed by atoms with E-state index in [4.69, 9.17) is 5.26 Å². The van der Waals surface area contributed by atoms with Crippen molar-refractivity contribution in [3.8, 4) is 6.07 Å². The molecule has 1 aliphatic heterocycles. The van der Waals surface area contributed by atoms with Gasteiger partial charge >= 0.3 is 0 Å². The fourth-order valence-electron chi connectivity index (χ4n) is 3.07. The minimum Gasteiger partial charge on any atom is -0.342 e. The molecular formula is C18H24FN3O. The highest BCUT2D eigenvalue weighted by Gasteiger charge is 2.29. The van der Waals surface area contributed by atoms with Gasteiger partial charge in [0.1, 0.15) is 5.82 Å². The molecule has 1 heterocycles. The number of hydrogen-bond donors (Lipinski definition) is 0. The quantitative estimate of drug-likeness (QED) is 0.839. The van der Waals surface area contributed by atoms with Gasteiger partial charge in [0.2, 0.25) is 5.91 Å². The second-order valence-electron chi connectivity index (χ2n) is 6.36. The number of piperidine rings is 1. The Bertz CT molecular complexity index is 584. The van der Waals surface area contributed by atoms with Crippen LogP contribution in [0.2, 0.25) is 0 Å². The average Bonchev–Trinajstić information content (AvgIpc) is 2.54. The molecule has 0 saturated carbocycles. The summed E-state index contributed by atoms with van der Waals surface area (Å²) in [5.41, 5.74) is 0.935. The zero-order valence-electron chi connectivity index (χ0n) is 13.8. The van der Waals surface area contributed by atoms with Crippen LogP contribution in [-0.4, -0.2) is 41.9 Å². The van der Waals surface area contributed by atoms with Crippen molar-refractivity contribution in [1.82, 2.24) is 9.80 Å². The van der Waals surface area contributed by atoms with Crippen LogP contribution in [0.4, 0.5) is 4.39 Å². The SMILES string of the molecule is CC(CC#N)N(C)C(=O)C1CCCN(Cc2cccc(F)c2)C1. The zero-order chi connectivity index (χ0) is 16.8. The van der Waals surface area contributed by atoms with Gasteiger partial charge < -0.3 is 4.90 Å². The van der Waals surface area contributed by atoms with E-state index in [-0.39, 0.29) is 23.7 Å². The maximum absolute atomic E-state index is 13.3. The van der Waals surface area contributed by atoms with Crippen LogP contribution < -0.4 is 0 Å². The molecule has 1 saturated heterocycles. The molecule has 1 amide bonds. The van der Waals surface area contributed by atoms with Crippen LogP contribution in [0.1, 0.15) is 31.7 Å². The smallest absolute Gasteiger partial charge is 0.226 e. The molecule has 0 bridgehead atoms. The third kappa shape index (κ3) is 4.77. The van der Waals surface area contributed by atoms with Crippen molar-refractivity contribution in [2.75, 3.05) is 20.1 Å². The van der Waals surface area contributed by atoms with Gasteiger partial charge in [-0.25, -0.2) is 4.39 Å². The lowest BCUT2D eigenvalue weighted by molar-refractivity contribution is -0.137. The topological polar surface area (TPSA) is 47.3 Å². The van der Waals surface area contributed by atoms with Gasteiger partial charge in [-0.2, -0.15) is 5.26 Å². The molecular weight excluding hydrogens is 293 g/mol. The number of carbonyl (C=O) groups is 1. The van der Waals surface area contributed by atoms with Crippen LogP contribution in [0.25, 0.3) is 0 Å². The standard InChI is InChI=1S/C18H24FN3O/c1-14(8-9-20)21(2)18(23)16-6-4-10-22(13-16)12-15-5-3-7-17(19)11-15/h3,5,7,11,14,16H,4,6,8,10,12-13H2,1-2H3. The van der Waals surface area contributed by atoms with Crippen molar-refractivity contribution in [2.24, 2.45) is 5.92 Å². The van der Waals surface area contributed by atoms with E-state index in [9.17, 15) is 9.18 Å². The third-order valence-electron chi connectivity index (χ3n) is 4.55. The average molecular weight is 317 g/mol. The summed E-state index contributed by atoms with van der Waals surface area (Å²) in [4.78, 5) is 16.5. The van der Waals surface area contributed by atoms with E-state index in [1.54, 1.807) is 24.1 Å². The summed E-state index contributed by atoms with van der Waals surface area (Å²) in [7, 11) is 1.77. The van der Waals surface area contributed by atoms with Gasteiger partial charge in [-0.1, -0.05) is 12.1 Å². The van der Waals surface area contributed by atoms with Crippen molar-refractivity contribution in [3.05, 3.63) is 35.6 Å². The van der Waals surface area contributed by atoms with Gasteiger partial charge in [0.15, 0.2) is 0 Å². The molecule has 0 aliphatic carbocycles. The Labute approximate surface area is 137 Å². The number of hydrogen-bond acceptors (Lipinski definition) is 3. The predicted molar refractivity (Wildman–Crippen MR) is 86.9 cm³/mol. The number of amides is 1. The third-order valence-corrected chi connectivity index (χ3v) is 4.55. The summed E-state index contributed by atoms with van der Waals surface area (Å²) in [6, 6.07) is 8.67. The van der Waals surface area contributed by atoms with Crippen LogP contribution in [0.3, 0.4) is 0 Å². The summed E-state index contributed by atoms with van der Waals surface area (Å²) >= 11 is 0. The van der Waals surface area contributed by atoms with E-state index in [0.717, 1.165) is 24.9 Å². The Balaban J connectivity index is 1.95. The molecule has 1 aliphatic rings. The van der Waals surface area contributed by atoms with E-state index in [1.807, 2.05) is 13.0 Å². The highest BCUT2D eigenvalue weighted by Crippen LogP contribution is 2.21. The number of rotatable bonds is 5. The van der Waals surface area contributed by atoms with Crippen molar-refractivity contribution in [3.63, 3.8) is 0 Å². The zero-order valence-corrected chi connectivity index (χ0v) is 13.8. The lowest BCUT2D eigenvalue weighted by Crippen LogP contribution is -2.45. The number of likely N-dealkylation sites (tertiary alicyclic amines) is 1. The molecule has 1 aromatic carbocycles. The maximum atomic E-state index is 13.3. The van der Waals surface area contributed by atoms with Gasteiger partial charge in [-0.05, 0) is 44.0 Å². The highest BCUT2D eigenvalue weighted by atomic mass is 19.1. The molecule has 0 spiro atoms. The molecule has 4 nitrogen and oxygen atoms in total. The van der Waals surface area contributed by atoms with E-state index >= 15 is 0 Å². The predicted octanol–water partition coefficient (Wildman–Crippen LogP) is 2.80. The van der Waals surface area contributed by atoms with Crippen molar-refractivity contribution < 1.29 is 9.18 Å². The van der Waals surface area contributed by atoms with Gasteiger partial charge in [-0.3, -0.25) is 9.69 Å². The molecule has 0 aromatic heterocycles. The Kier molecular flexibility index (Phi) is 6.12. The number of benzene rings is 1. The van der Waals surface area contributed by atoms with Gasteiger partial charge in [0.05, 0.1) is 18.4 Å². The van der Waals surface area contributed by atoms with E-state index < -0.39 is 0 Å². The van der Waals surface area contributed by atoms with Crippen LogP contribution >= 0.6 is 0 Å². The van der Waals surface area contributed by atoms with Crippen LogP contribution in [-0.2, 0) is 11.3 Å². The Morgan fingerprint density at radius 2 is 2.35 bits per heavy atom. The molecule has 23 heavy (non-hydrogen) atoms. The Hall–Kier alpha value is -1.93.